The summed E-state index contributed by atoms with van der Waals surface area (Å²) in [6.45, 7) is 1.63. The first-order valence-electron chi connectivity index (χ1n) is 14.6. The van der Waals surface area contributed by atoms with Crippen molar-refractivity contribution in [2.75, 3.05) is 19.7 Å². The Balaban J connectivity index is 1.31. The van der Waals surface area contributed by atoms with E-state index in [2.05, 4.69) is 33.5 Å². The van der Waals surface area contributed by atoms with Gasteiger partial charge in [-0.2, -0.15) is 0 Å². The predicted octanol–water partition coefficient (Wildman–Crippen LogP) is 5.21. The average molecular weight is 563 g/mol. The fraction of sp³-hybridized carbons (Fsp3) is 0.294. The molecule has 8 heteroatoms. The second-order valence-corrected chi connectivity index (χ2v) is 10.7. The van der Waals surface area contributed by atoms with Crippen LogP contribution in [0.5, 0.6) is 17.2 Å². The second kappa shape index (κ2) is 12.9. The number of nitrogens with one attached hydrogen (secondary N) is 1. The van der Waals surface area contributed by atoms with Gasteiger partial charge >= 0.3 is 0 Å². The van der Waals surface area contributed by atoms with Gasteiger partial charge in [0.1, 0.15) is 17.2 Å². The molecule has 1 unspecified atom stereocenters. The van der Waals surface area contributed by atoms with E-state index >= 15 is 0 Å². The SMILES string of the molecule is O=C1CCc2ccc(cc2)Oc2ccc3c(c2)CCN(C(=O)CCc2cnccn2)C3c2cccc(c2)OCCCN1. The fourth-order valence-electron chi connectivity index (χ4n) is 5.60. The molecule has 8 rings (SSSR count). The van der Waals surface area contributed by atoms with Crippen LogP contribution in [0.25, 0.3) is 0 Å². The van der Waals surface area contributed by atoms with Crippen molar-refractivity contribution in [3.05, 3.63) is 113 Å². The zero-order valence-corrected chi connectivity index (χ0v) is 23.5. The minimum atomic E-state index is -0.256. The van der Waals surface area contributed by atoms with Crippen LogP contribution in [0.2, 0.25) is 0 Å². The lowest BCUT2D eigenvalue weighted by Gasteiger charge is -2.38. The minimum absolute atomic E-state index is 0.0286. The van der Waals surface area contributed by atoms with Crippen molar-refractivity contribution in [1.82, 2.24) is 20.2 Å². The fourth-order valence-corrected chi connectivity index (χ4v) is 5.60. The first-order chi connectivity index (χ1) is 20.6. The molecule has 3 aromatic carbocycles. The van der Waals surface area contributed by atoms with Crippen LogP contribution in [0.3, 0.4) is 0 Å². The number of amides is 2. The Bertz CT molecular complexity index is 1540. The summed E-state index contributed by atoms with van der Waals surface area (Å²) in [5.41, 5.74) is 5.13. The number of aryl methyl sites for hydroxylation is 2. The van der Waals surface area contributed by atoms with E-state index in [9.17, 15) is 9.59 Å². The molecule has 0 saturated carbocycles. The van der Waals surface area contributed by atoms with Gasteiger partial charge in [-0.05, 0) is 84.3 Å². The maximum absolute atomic E-state index is 13.7. The lowest BCUT2D eigenvalue weighted by Crippen LogP contribution is -2.40. The van der Waals surface area contributed by atoms with Gasteiger partial charge in [0, 0.05) is 44.5 Å². The molecule has 4 aliphatic heterocycles. The molecule has 0 aliphatic carbocycles. The van der Waals surface area contributed by atoms with Crippen LogP contribution in [0.15, 0.2) is 85.3 Å². The average Bonchev–Trinajstić information content (AvgIpc) is 3.03. The molecule has 4 aliphatic rings. The Morgan fingerprint density at radius 1 is 0.952 bits per heavy atom. The van der Waals surface area contributed by atoms with Gasteiger partial charge in [0.05, 0.1) is 18.3 Å². The zero-order chi connectivity index (χ0) is 28.7. The number of aromatic nitrogens is 2. The van der Waals surface area contributed by atoms with Gasteiger partial charge in [0.25, 0.3) is 0 Å². The van der Waals surface area contributed by atoms with Crippen molar-refractivity contribution >= 4 is 11.8 Å². The molecule has 1 aromatic heterocycles. The highest BCUT2D eigenvalue weighted by atomic mass is 16.5. The van der Waals surface area contributed by atoms with Crippen LogP contribution in [0.4, 0.5) is 0 Å². The van der Waals surface area contributed by atoms with Crippen LogP contribution in [-0.4, -0.2) is 46.4 Å². The number of nitrogens with zero attached hydrogens (tertiary/aromatic N) is 3. The molecule has 8 nitrogen and oxygen atoms in total. The second-order valence-electron chi connectivity index (χ2n) is 10.7. The molecule has 1 N–H and O–H groups in total. The van der Waals surface area contributed by atoms with Crippen molar-refractivity contribution in [3.8, 4) is 17.2 Å². The molecule has 2 amide bonds. The van der Waals surface area contributed by atoms with E-state index < -0.39 is 0 Å². The van der Waals surface area contributed by atoms with Crippen molar-refractivity contribution < 1.29 is 19.1 Å². The van der Waals surface area contributed by atoms with Gasteiger partial charge in [-0.1, -0.05) is 30.3 Å². The van der Waals surface area contributed by atoms with Crippen LogP contribution in [0.1, 0.15) is 53.3 Å². The van der Waals surface area contributed by atoms with Crippen LogP contribution in [0, 0.1) is 0 Å². The molecule has 0 spiro atoms. The first-order valence-corrected chi connectivity index (χ1v) is 14.6. The predicted molar refractivity (Wildman–Crippen MR) is 158 cm³/mol. The third-order valence-corrected chi connectivity index (χ3v) is 7.76. The maximum atomic E-state index is 13.7. The Hall–Kier alpha value is -4.72. The number of carbonyl (C=O) groups is 2. The molecule has 0 radical (unpaired) electrons. The summed E-state index contributed by atoms with van der Waals surface area (Å²) in [6, 6.07) is 21.8. The van der Waals surface area contributed by atoms with Gasteiger partial charge in [0.15, 0.2) is 0 Å². The molecule has 8 bridgehead atoms. The summed E-state index contributed by atoms with van der Waals surface area (Å²) in [7, 11) is 0. The Kier molecular flexibility index (Phi) is 8.40. The van der Waals surface area contributed by atoms with Crippen molar-refractivity contribution in [2.24, 2.45) is 0 Å². The number of rotatable bonds is 3. The molecule has 0 saturated heterocycles. The largest absolute Gasteiger partial charge is 0.494 e. The number of hydrogen-bond acceptors (Lipinski definition) is 6. The summed E-state index contributed by atoms with van der Waals surface area (Å²) in [6.07, 6.45) is 8.42. The summed E-state index contributed by atoms with van der Waals surface area (Å²) in [5.74, 6) is 2.34. The van der Waals surface area contributed by atoms with Crippen molar-refractivity contribution in [1.29, 1.82) is 0 Å². The van der Waals surface area contributed by atoms with Crippen LogP contribution < -0.4 is 14.8 Å². The summed E-state index contributed by atoms with van der Waals surface area (Å²) >= 11 is 0. The quantitative estimate of drug-likeness (QED) is 0.369. The van der Waals surface area contributed by atoms with Gasteiger partial charge in [-0.3, -0.25) is 19.6 Å². The minimum Gasteiger partial charge on any atom is -0.494 e. The Morgan fingerprint density at radius 3 is 2.69 bits per heavy atom. The Morgan fingerprint density at radius 2 is 1.83 bits per heavy atom. The Labute approximate surface area is 245 Å². The maximum Gasteiger partial charge on any atom is 0.223 e. The number of carbonyl (C=O) groups excluding carboxylic acids is 2. The summed E-state index contributed by atoms with van der Waals surface area (Å²) in [4.78, 5) is 36.4. The summed E-state index contributed by atoms with van der Waals surface area (Å²) in [5, 5.41) is 2.98. The normalized spacial score (nSPS) is 17.0. The molecular formula is C34H34N4O4. The third kappa shape index (κ3) is 6.60. The number of ether oxygens (including phenoxy) is 2. The lowest BCUT2D eigenvalue weighted by molar-refractivity contribution is -0.133. The molecule has 0 fully saturated rings. The van der Waals surface area contributed by atoms with E-state index in [4.69, 9.17) is 9.47 Å². The molecular weight excluding hydrogens is 528 g/mol. The smallest absolute Gasteiger partial charge is 0.223 e. The van der Waals surface area contributed by atoms with E-state index in [0.29, 0.717) is 51.8 Å². The van der Waals surface area contributed by atoms with E-state index in [1.165, 1.54) is 0 Å². The first kappa shape index (κ1) is 27.4. The van der Waals surface area contributed by atoms with Gasteiger partial charge in [-0.25, -0.2) is 0 Å². The van der Waals surface area contributed by atoms with Gasteiger partial charge in [-0.15, -0.1) is 0 Å². The lowest BCUT2D eigenvalue weighted by atomic mass is 9.87. The van der Waals surface area contributed by atoms with Gasteiger partial charge < -0.3 is 19.7 Å². The molecule has 4 aromatic rings. The number of fused-ring (bicyclic) bond motifs is 1. The highest BCUT2D eigenvalue weighted by Crippen LogP contribution is 2.39. The van der Waals surface area contributed by atoms with Gasteiger partial charge in [0.2, 0.25) is 11.8 Å². The van der Waals surface area contributed by atoms with E-state index in [0.717, 1.165) is 51.6 Å². The highest BCUT2D eigenvalue weighted by molar-refractivity contribution is 5.78. The molecule has 5 heterocycles. The number of benzene rings is 3. The number of hydrogen-bond donors (Lipinski definition) is 1. The zero-order valence-electron chi connectivity index (χ0n) is 23.5. The topological polar surface area (TPSA) is 93.7 Å². The van der Waals surface area contributed by atoms with Crippen molar-refractivity contribution in [3.63, 3.8) is 0 Å². The van der Waals surface area contributed by atoms with Crippen LogP contribution >= 0.6 is 0 Å². The highest BCUT2D eigenvalue weighted by Gasteiger charge is 2.32. The summed E-state index contributed by atoms with van der Waals surface area (Å²) < 4.78 is 12.3. The van der Waals surface area contributed by atoms with Crippen molar-refractivity contribution in [2.45, 2.75) is 44.6 Å². The molecule has 1 atom stereocenters. The molecule has 214 valence electrons. The third-order valence-electron chi connectivity index (χ3n) is 7.76. The van der Waals surface area contributed by atoms with E-state index in [-0.39, 0.29) is 17.9 Å². The van der Waals surface area contributed by atoms with E-state index in [1.54, 1.807) is 18.6 Å². The van der Waals surface area contributed by atoms with Crippen LogP contribution in [-0.2, 0) is 28.9 Å². The standard InChI is InChI=1S/C34H34N4O4/c39-32-13-7-24-5-9-28(10-6-24)42-30-11-12-31-25(21-30)15-19-38(33(40)14-8-27-23-35-17-18-36-27)34(31)26-3-1-4-29(22-26)41-20-2-16-37-32/h1,3-6,9-12,17-18,21-23,34H,2,7-8,13-16,19-20H2,(H,37,39). The van der Waals surface area contributed by atoms with E-state index in [1.807, 2.05) is 53.4 Å². The monoisotopic (exact) mass is 562 g/mol. The molecule has 42 heavy (non-hydrogen) atoms.